The number of para-hydroxylation sites is 2. The van der Waals surface area contributed by atoms with Gasteiger partial charge in [0.2, 0.25) is 5.91 Å². The molecule has 0 atom stereocenters. The first kappa shape index (κ1) is 12.3. The lowest BCUT2D eigenvalue weighted by molar-refractivity contribution is -0.118. The minimum Gasteiger partial charge on any atom is -0.397 e. The molecule has 0 heterocycles. The van der Waals surface area contributed by atoms with Crippen molar-refractivity contribution in [3.05, 3.63) is 24.3 Å². The van der Waals surface area contributed by atoms with Gasteiger partial charge in [-0.25, -0.2) is 0 Å². The molecule has 1 aromatic rings. The van der Waals surface area contributed by atoms with Gasteiger partial charge in [0.1, 0.15) is 0 Å². The molecular weight excluding hydrogens is 178 g/mol. The molecule has 1 aromatic carbocycles. The summed E-state index contributed by atoms with van der Waals surface area (Å²) in [6.45, 7) is 4.13. The molecule has 4 heteroatoms. The molecule has 0 radical (unpaired) electrons. The standard InChI is InChI=1S/C6H8N2.C4H9NO/c7-5-3-1-2-4-6(5)8;1-3-5-4(2)6/h1-4H,7-8H2;3H2,1-2H3,(H,5,6). The van der Waals surface area contributed by atoms with E-state index in [1.165, 1.54) is 6.92 Å². The monoisotopic (exact) mass is 195 g/mol. The van der Waals surface area contributed by atoms with Crippen LogP contribution in [-0.4, -0.2) is 12.5 Å². The predicted molar refractivity (Wildman–Crippen MR) is 59.6 cm³/mol. The molecule has 1 rings (SSSR count). The number of nitrogens with two attached hydrogens (primary N) is 2. The van der Waals surface area contributed by atoms with E-state index in [-0.39, 0.29) is 5.91 Å². The van der Waals surface area contributed by atoms with Crippen molar-refractivity contribution in [2.24, 2.45) is 0 Å². The summed E-state index contributed by atoms with van der Waals surface area (Å²) in [5.74, 6) is 0.0394. The molecule has 4 nitrogen and oxygen atoms in total. The van der Waals surface area contributed by atoms with Gasteiger partial charge in [0.25, 0.3) is 0 Å². The number of nitrogen functional groups attached to an aromatic ring is 2. The summed E-state index contributed by atoms with van der Waals surface area (Å²) in [5.41, 5.74) is 12.1. The van der Waals surface area contributed by atoms with Crippen LogP contribution in [0.15, 0.2) is 24.3 Å². The van der Waals surface area contributed by atoms with Crippen molar-refractivity contribution in [3.8, 4) is 0 Å². The van der Waals surface area contributed by atoms with Crippen LogP contribution >= 0.6 is 0 Å². The second kappa shape index (κ2) is 6.77. The fraction of sp³-hybridized carbons (Fsp3) is 0.300. The highest BCUT2D eigenvalue weighted by molar-refractivity contribution is 5.72. The van der Waals surface area contributed by atoms with Crippen LogP contribution in [0.25, 0.3) is 0 Å². The van der Waals surface area contributed by atoms with Crippen molar-refractivity contribution in [3.63, 3.8) is 0 Å². The van der Waals surface area contributed by atoms with E-state index in [1.807, 2.05) is 19.1 Å². The molecule has 0 unspecified atom stereocenters. The zero-order valence-corrected chi connectivity index (χ0v) is 8.58. The Labute approximate surface area is 84.3 Å². The van der Waals surface area contributed by atoms with Crippen molar-refractivity contribution < 1.29 is 4.79 Å². The Morgan fingerprint density at radius 3 is 1.86 bits per heavy atom. The first-order valence-corrected chi connectivity index (χ1v) is 4.42. The maximum absolute atomic E-state index is 9.93. The molecule has 0 saturated carbocycles. The van der Waals surface area contributed by atoms with Gasteiger partial charge in [0, 0.05) is 13.5 Å². The van der Waals surface area contributed by atoms with Gasteiger partial charge < -0.3 is 16.8 Å². The van der Waals surface area contributed by atoms with E-state index in [0.29, 0.717) is 11.4 Å². The smallest absolute Gasteiger partial charge is 0.216 e. The molecule has 14 heavy (non-hydrogen) atoms. The molecule has 0 bridgehead atoms. The number of hydrogen-bond donors (Lipinski definition) is 3. The molecular formula is C10H17N3O. The van der Waals surface area contributed by atoms with Crippen molar-refractivity contribution in [1.82, 2.24) is 5.32 Å². The number of rotatable bonds is 1. The SMILES string of the molecule is CCNC(C)=O.Nc1ccccc1N. The molecule has 0 aliphatic carbocycles. The van der Waals surface area contributed by atoms with Gasteiger partial charge in [-0.2, -0.15) is 0 Å². The van der Waals surface area contributed by atoms with E-state index in [2.05, 4.69) is 5.32 Å². The third-order valence-corrected chi connectivity index (χ3v) is 1.42. The maximum atomic E-state index is 9.93. The van der Waals surface area contributed by atoms with E-state index in [9.17, 15) is 4.79 Å². The summed E-state index contributed by atoms with van der Waals surface area (Å²) in [4.78, 5) is 9.93. The van der Waals surface area contributed by atoms with Crippen LogP contribution in [0.5, 0.6) is 0 Å². The van der Waals surface area contributed by atoms with Crippen LogP contribution in [-0.2, 0) is 4.79 Å². The average Bonchev–Trinajstić information content (AvgIpc) is 2.11. The molecule has 0 aliphatic rings. The summed E-state index contributed by atoms with van der Waals surface area (Å²) in [5, 5.41) is 2.57. The Morgan fingerprint density at radius 1 is 1.29 bits per heavy atom. The van der Waals surface area contributed by atoms with E-state index < -0.39 is 0 Å². The second-order valence-corrected chi connectivity index (χ2v) is 2.72. The molecule has 0 aliphatic heterocycles. The van der Waals surface area contributed by atoms with Gasteiger partial charge in [-0.1, -0.05) is 12.1 Å². The molecule has 0 aromatic heterocycles. The van der Waals surface area contributed by atoms with Crippen LogP contribution in [0.4, 0.5) is 11.4 Å². The minimum atomic E-state index is 0.0394. The number of hydrogen-bond acceptors (Lipinski definition) is 3. The van der Waals surface area contributed by atoms with Crippen molar-refractivity contribution in [2.45, 2.75) is 13.8 Å². The number of amides is 1. The largest absolute Gasteiger partial charge is 0.397 e. The highest BCUT2D eigenvalue weighted by Gasteiger charge is 1.85. The summed E-state index contributed by atoms with van der Waals surface area (Å²) in [7, 11) is 0. The number of benzene rings is 1. The van der Waals surface area contributed by atoms with Crippen molar-refractivity contribution >= 4 is 17.3 Å². The zero-order chi connectivity index (χ0) is 11.0. The fourth-order valence-electron chi connectivity index (χ4n) is 0.760. The van der Waals surface area contributed by atoms with Crippen LogP contribution in [0, 0.1) is 0 Å². The Bertz CT molecular complexity index is 265. The third-order valence-electron chi connectivity index (χ3n) is 1.42. The van der Waals surface area contributed by atoms with Crippen LogP contribution in [0.3, 0.4) is 0 Å². The highest BCUT2D eigenvalue weighted by atomic mass is 16.1. The van der Waals surface area contributed by atoms with Crippen molar-refractivity contribution in [1.29, 1.82) is 0 Å². The van der Waals surface area contributed by atoms with Gasteiger partial charge >= 0.3 is 0 Å². The Hall–Kier alpha value is -1.71. The van der Waals surface area contributed by atoms with Crippen LogP contribution < -0.4 is 16.8 Å². The molecule has 1 amide bonds. The van der Waals surface area contributed by atoms with E-state index in [4.69, 9.17) is 11.5 Å². The van der Waals surface area contributed by atoms with Gasteiger partial charge in [0.05, 0.1) is 11.4 Å². The lowest BCUT2D eigenvalue weighted by atomic mass is 10.3. The van der Waals surface area contributed by atoms with E-state index in [0.717, 1.165) is 6.54 Å². The molecule has 0 saturated heterocycles. The van der Waals surface area contributed by atoms with Gasteiger partial charge in [-0.3, -0.25) is 4.79 Å². The highest BCUT2D eigenvalue weighted by Crippen LogP contribution is 2.10. The Balaban J connectivity index is 0.000000255. The number of carbonyl (C=O) groups is 1. The topological polar surface area (TPSA) is 81.1 Å². The van der Waals surface area contributed by atoms with Gasteiger partial charge in [0.15, 0.2) is 0 Å². The summed E-state index contributed by atoms with van der Waals surface area (Å²) >= 11 is 0. The van der Waals surface area contributed by atoms with Gasteiger partial charge in [-0.05, 0) is 19.1 Å². The Morgan fingerprint density at radius 2 is 1.71 bits per heavy atom. The average molecular weight is 195 g/mol. The third kappa shape index (κ3) is 5.88. The second-order valence-electron chi connectivity index (χ2n) is 2.72. The molecule has 5 N–H and O–H groups in total. The van der Waals surface area contributed by atoms with E-state index in [1.54, 1.807) is 12.1 Å². The first-order valence-electron chi connectivity index (χ1n) is 4.42. The molecule has 78 valence electrons. The molecule has 0 spiro atoms. The van der Waals surface area contributed by atoms with Crippen LogP contribution in [0.1, 0.15) is 13.8 Å². The molecule has 0 fully saturated rings. The fourth-order valence-corrected chi connectivity index (χ4v) is 0.760. The summed E-state index contributed by atoms with van der Waals surface area (Å²) in [6, 6.07) is 7.25. The number of anilines is 2. The number of carbonyl (C=O) groups excluding carboxylic acids is 1. The first-order chi connectivity index (χ1) is 6.57. The van der Waals surface area contributed by atoms with Gasteiger partial charge in [-0.15, -0.1) is 0 Å². The summed E-state index contributed by atoms with van der Waals surface area (Å²) < 4.78 is 0. The minimum absolute atomic E-state index is 0.0394. The van der Waals surface area contributed by atoms with E-state index >= 15 is 0 Å². The predicted octanol–water partition coefficient (Wildman–Crippen LogP) is 0.993. The Kier molecular flexibility index (Phi) is 5.94. The zero-order valence-electron chi connectivity index (χ0n) is 8.58. The lowest BCUT2D eigenvalue weighted by Gasteiger charge is -1.94. The van der Waals surface area contributed by atoms with Crippen LogP contribution in [0.2, 0.25) is 0 Å². The lowest BCUT2D eigenvalue weighted by Crippen LogP contribution is -2.18. The summed E-state index contributed by atoms with van der Waals surface area (Å²) in [6.07, 6.45) is 0. The van der Waals surface area contributed by atoms with Crippen molar-refractivity contribution in [2.75, 3.05) is 18.0 Å². The normalized spacial score (nSPS) is 8.43. The maximum Gasteiger partial charge on any atom is 0.216 e. The number of nitrogens with one attached hydrogen (secondary N) is 1. The quantitative estimate of drug-likeness (QED) is 0.584.